The Bertz CT molecular complexity index is 632. The van der Waals surface area contributed by atoms with Gasteiger partial charge in [0.05, 0.1) is 30.3 Å². The number of anilines is 1. The van der Waals surface area contributed by atoms with Crippen molar-refractivity contribution in [3.63, 3.8) is 0 Å². The van der Waals surface area contributed by atoms with Gasteiger partial charge < -0.3 is 14.9 Å². The largest absolute Gasteiger partial charge is 0.495 e. The van der Waals surface area contributed by atoms with Crippen molar-refractivity contribution in [3.05, 3.63) is 22.8 Å². The molecule has 6 heteroatoms. The number of nitrogen functional groups attached to an aromatic ring is 1. The van der Waals surface area contributed by atoms with Crippen molar-refractivity contribution in [1.82, 2.24) is 4.98 Å². The maximum atomic E-state index is 6.37. The van der Waals surface area contributed by atoms with Crippen LogP contribution < -0.4 is 20.7 Å². The molecule has 2 rings (SSSR count). The van der Waals surface area contributed by atoms with E-state index in [-0.39, 0.29) is 0 Å². The molecule has 3 N–H and O–H groups in total. The Balaban J connectivity index is 2.83. The summed E-state index contributed by atoms with van der Waals surface area (Å²) in [5.74, 6) is 6.75. The number of benzene rings is 1. The number of hydrazine groups is 1. The van der Waals surface area contributed by atoms with Crippen molar-refractivity contribution in [2.45, 2.75) is 19.8 Å². The van der Waals surface area contributed by atoms with Gasteiger partial charge >= 0.3 is 0 Å². The predicted octanol–water partition coefficient (Wildman–Crippen LogP) is 3.14. The minimum atomic E-state index is 0.465. The van der Waals surface area contributed by atoms with E-state index in [9.17, 15) is 0 Å². The molecule has 0 aliphatic rings. The summed E-state index contributed by atoms with van der Waals surface area (Å²) in [6.45, 7) is 2.10. The lowest BCUT2D eigenvalue weighted by atomic mass is 10.1. The molecule has 0 spiro atoms. The lowest BCUT2D eigenvalue weighted by molar-refractivity contribution is 0.397. The van der Waals surface area contributed by atoms with Gasteiger partial charge in [-0.3, -0.25) is 5.84 Å². The average molecular weight is 296 g/mol. The highest BCUT2D eigenvalue weighted by Crippen LogP contribution is 2.41. The summed E-state index contributed by atoms with van der Waals surface area (Å²) in [7, 11) is 3.15. The first kappa shape index (κ1) is 14.7. The Labute approximate surface area is 123 Å². The molecule has 0 amide bonds. The highest BCUT2D eigenvalue weighted by Gasteiger charge is 2.17. The van der Waals surface area contributed by atoms with Crippen molar-refractivity contribution < 1.29 is 9.47 Å². The molecular weight excluding hydrogens is 278 g/mol. The van der Waals surface area contributed by atoms with Crippen molar-refractivity contribution in [2.75, 3.05) is 19.6 Å². The number of aromatic nitrogens is 1. The number of ether oxygens (including phenoxy) is 2. The lowest BCUT2D eigenvalue weighted by Crippen LogP contribution is -2.09. The molecule has 0 atom stereocenters. The Morgan fingerprint density at radius 2 is 1.95 bits per heavy atom. The van der Waals surface area contributed by atoms with Gasteiger partial charge in [0.1, 0.15) is 17.0 Å². The van der Waals surface area contributed by atoms with E-state index in [1.807, 2.05) is 6.07 Å². The van der Waals surface area contributed by atoms with E-state index in [2.05, 4.69) is 17.3 Å². The first-order valence-electron chi connectivity index (χ1n) is 6.36. The van der Waals surface area contributed by atoms with Crippen LogP contribution in [0.15, 0.2) is 12.1 Å². The lowest BCUT2D eigenvalue weighted by Gasteiger charge is -2.15. The van der Waals surface area contributed by atoms with Gasteiger partial charge in [-0.15, -0.1) is 0 Å². The molecule has 1 heterocycles. The van der Waals surface area contributed by atoms with Gasteiger partial charge in [0.15, 0.2) is 0 Å². The smallest absolute Gasteiger partial charge is 0.148 e. The number of methoxy groups -OCH3 is 2. The number of aryl methyl sites for hydroxylation is 1. The van der Waals surface area contributed by atoms with E-state index < -0.39 is 0 Å². The van der Waals surface area contributed by atoms with E-state index >= 15 is 0 Å². The summed E-state index contributed by atoms with van der Waals surface area (Å²) in [6, 6.07) is 3.63. The summed E-state index contributed by atoms with van der Waals surface area (Å²) < 4.78 is 10.7. The van der Waals surface area contributed by atoms with Gasteiger partial charge in [-0.25, -0.2) is 4.98 Å². The average Bonchev–Trinajstić information content (AvgIpc) is 2.47. The molecule has 0 unspecified atom stereocenters. The predicted molar refractivity (Wildman–Crippen MR) is 81.7 cm³/mol. The van der Waals surface area contributed by atoms with Gasteiger partial charge in [-0.2, -0.15) is 0 Å². The summed E-state index contributed by atoms with van der Waals surface area (Å²) in [4.78, 5) is 4.62. The third kappa shape index (κ3) is 2.46. The second-order valence-corrected chi connectivity index (χ2v) is 4.75. The van der Waals surface area contributed by atoms with Crippen LogP contribution in [0.2, 0.25) is 5.02 Å². The highest BCUT2D eigenvalue weighted by molar-refractivity contribution is 6.38. The fourth-order valence-electron chi connectivity index (χ4n) is 2.17. The zero-order valence-corrected chi connectivity index (χ0v) is 12.5. The first-order valence-corrected chi connectivity index (χ1v) is 6.74. The Hall–Kier alpha value is -1.72. The standard InChI is InChI=1S/C14H18ClN3O2/c1-4-5-8-6-9(18-16)12-13(15)10(19-2)7-11(20-3)14(12)17-8/h6-7H,4-5,16H2,1-3H3,(H,17,18). The van der Waals surface area contributed by atoms with Gasteiger partial charge in [-0.1, -0.05) is 24.9 Å². The number of pyridine rings is 1. The number of rotatable bonds is 5. The maximum absolute atomic E-state index is 6.37. The number of hydrogen-bond donors (Lipinski definition) is 2. The molecule has 0 aliphatic carbocycles. The third-order valence-electron chi connectivity index (χ3n) is 3.11. The van der Waals surface area contributed by atoms with Crippen LogP contribution >= 0.6 is 11.6 Å². The Morgan fingerprint density at radius 3 is 2.50 bits per heavy atom. The second-order valence-electron chi connectivity index (χ2n) is 4.37. The number of nitrogens with zero attached hydrogens (tertiary/aromatic N) is 1. The van der Waals surface area contributed by atoms with E-state index in [4.69, 9.17) is 26.9 Å². The van der Waals surface area contributed by atoms with Crippen LogP contribution in [-0.4, -0.2) is 19.2 Å². The zero-order chi connectivity index (χ0) is 14.7. The summed E-state index contributed by atoms with van der Waals surface area (Å²) in [6.07, 6.45) is 1.85. The van der Waals surface area contributed by atoms with Gasteiger partial charge in [0, 0.05) is 11.8 Å². The summed E-state index contributed by atoms with van der Waals surface area (Å²) >= 11 is 6.37. The monoisotopic (exact) mass is 295 g/mol. The van der Waals surface area contributed by atoms with Crippen molar-refractivity contribution in [3.8, 4) is 11.5 Å². The first-order chi connectivity index (χ1) is 9.65. The topological polar surface area (TPSA) is 69.4 Å². The van der Waals surface area contributed by atoms with E-state index in [0.717, 1.165) is 18.5 Å². The van der Waals surface area contributed by atoms with Crippen LogP contribution in [0.1, 0.15) is 19.0 Å². The van der Waals surface area contributed by atoms with E-state index in [1.165, 1.54) is 0 Å². The van der Waals surface area contributed by atoms with E-state index in [0.29, 0.717) is 33.1 Å². The molecule has 1 aromatic heterocycles. The minimum Gasteiger partial charge on any atom is -0.495 e. The number of fused-ring (bicyclic) bond motifs is 1. The van der Waals surface area contributed by atoms with Crippen LogP contribution in [0, 0.1) is 0 Å². The SMILES string of the molecule is CCCc1cc(NN)c2c(Cl)c(OC)cc(OC)c2n1. The molecule has 0 aliphatic heterocycles. The molecule has 1 aromatic carbocycles. The Kier molecular flexibility index (Phi) is 4.52. The van der Waals surface area contributed by atoms with Crippen LogP contribution in [0.5, 0.6) is 11.5 Å². The third-order valence-corrected chi connectivity index (χ3v) is 3.48. The molecule has 0 fully saturated rings. The van der Waals surface area contributed by atoms with Crippen molar-refractivity contribution >= 4 is 28.2 Å². The summed E-state index contributed by atoms with van der Waals surface area (Å²) in [5, 5.41) is 1.16. The van der Waals surface area contributed by atoms with Crippen LogP contribution in [0.3, 0.4) is 0 Å². The molecule has 0 bridgehead atoms. The molecule has 0 saturated carbocycles. The second kappa shape index (κ2) is 6.15. The fourth-order valence-corrected chi connectivity index (χ4v) is 2.50. The molecule has 0 saturated heterocycles. The van der Waals surface area contributed by atoms with Crippen LogP contribution in [0.25, 0.3) is 10.9 Å². The number of nitrogens with two attached hydrogens (primary N) is 1. The number of hydrogen-bond acceptors (Lipinski definition) is 5. The molecule has 5 nitrogen and oxygen atoms in total. The molecule has 108 valence electrons. The Morgan fingerprint density at radius 1 is 1.25 bits per heavy atom. The minimum absolute atomic E-state index is 0.465. The normalized spacial score (nSPS) is 10.7. The summed E-state index contributed by atoms with van der Waals surface area (Å²) in [5.41, 5.74) is 5.00. The van der Waals surface area contributed by atoms with Gasteiger partial charge in [-0.05, 0) is 12.5 Å². The number of halogens is 1. The quantitative estimate of drug-likeness (QED) is 0.655. The molecular formula is C14H18ClN3O2. The fraction of sp³-hybridized carbons (Fsp3) is 0.357. The van der Waals surface area contributed by atoms with Crippen LogP contribution in [-0.2, 0) is 6.42 Å². The van der Waals surface area contributed by atoms with Crippen molar-refractivity contribution in [1.29, 1.82) is 0 Å². The molecule has 20 heavy (non-hydrogen) atoms. The van der Waals surface area contributed by atoms with Crippen molar-refractivity contribution in [2.24, 2.45) is 5.84 Å². The maximum Gasteiger partial charge on any atom is 0.148 e. The number of nitrogens with one attached hydrogen (secondary N) is 1. The molecule has 0 radical (unpaired) electrons. The van der Waals surface area contributed by atoms with Crippen LogP contribution in [0.4, 0.5) is 5.69 Å². The highest BCUT2D eigenvalue weighted by atomic mass is 35.5. The molecule has 2 aromatic rings. The van der Waals surface area contributed by atoms with Gasteiger partial charge in [0.2, 0.25) is 0 Å². The van der Waals surface area contributed by atoms with Gasteiger partial charge in [0.25, 0.3) is 0 Å². The zero-order valence-electron chi connectivity index (χ0n) is 11.8. The van der Waals surface area contributed by atoms with E-state index in [1.54, 1.807) is 20.3 Å².